The first-order valence-electron chi connectivity index (χ1n) is 11.0. The fraction of sp³-hybridized carbons (Fsp3) is 0.231. The highest BCUT2D eigenvalue weighted by Gasteiger charge is 2.50. The summed E-state index contributed by atoms with van der Waals surface area (Å²) >= 11 is 6.15. The first-order valence-corrected chi connectivity index (χ1v) is 11.3. The van der Waals surface area contributed by atoms with Crippen molar-refractivity contribution in [1.29, 1.82) is 0 Å². The molecule has 34 heavy (non-hydrogen) atoms. The van der Waals surface area contributed by atoms with Crippen molar-refractivity contribution < 1.29 is 19.1 Å². The van der Waals surface area contributed by atoms with Gasteiger partial charge < -0.3 is 20.1 Å². The number of nitrogens with one attached hydrogen (secondary N) is 2. The van der Waals surface area contributed by atoms with Crippen LogP contribution in [-0.2, 0) is 6.54 Å². The molecule has 5 rings (SSSR count). The zero-order valence-corrected chi connectivity index (χ0v) is 19.6. The van der Waals surface area contributed by atoms with Crippen LogP contribution in [0.5, 0.6) is 11.5 Å². The van der Waals surface area contributed by atoms with Crippen molar-refractivity contribution in [3.05, 3.63) is 88.4 Å². The summed E-state index contributed by atoms with van der Waals surface area (Å²) in [6.07, 6.45) is 0.538. The minimum atomic E-state index is -0.916. The summed E-state index contributed by atoms with van der Waals surface area (Å²) in [4.78, 5) is 27.6. The lowest BCUT2D eigenvalue weighted by molar-refractivity contribution is 0.0378. The summed E-state index contributed by atoms with van der Waals surface area (Å²) in [7, 11) is 1.60. The standard InChI is InChI=1S/C26H24ClN3O4/c1-26-14-21(20-13-18(27)10-11-23(20)34-26)29-25(32)30(26)19-8-5-7-16(12-19)24(31)28-15-17-6-3-4-9-22(17)33-2/h3-13,21H,14-15H2,1-2H3,(H,28,31)(H,29,32). The van der Waals surface area contributed by atoms with Crippen LogP contribution in [0.2, 0.25) is 5.02 Å². The molecular formula is C26H24ClN3O4. The van der Waals surface area contributed by atoms with Crippen molar-refractivity contribution in [1.82, 2.24) is 10.6 Å². The van der Waals surface area contributed by atoms with E-state index in [4.69, 9.17) is 21.1 Å². The molecule has 3 aromatic rings. The predicted molar refractivity (Wildman–Crippen MR) is 129 cm³/mol. The van der Waals surface area contributed by atoms with Crippen molar-refractivity contribution in [2.45, 2.75) is 31.7 Å². The second-order valence-corrected chi connectivity index (χ2v) is 8.98. The minimum absolute atomic E-state index is 0.205. The number of halogens is 1. The Bertz CT molecular complexity index is 1280. The number of hydrogen-bond donors (Lipinski definition) is 2. The first-order chi connectivity index (χ1) is 16.4. The van der Waals surface area contributed by atoms with Crippen LogP contribution in [0.1, 0.15) is 40.9 Å². The van der Waals surface area contributed by atoms with Crippen LogP contribution < -0.4 is 25.0 Å². The lowest BCUT2D eigenvalue weighted by Crippen LogP contribution is -2.65. The van der Waals surface area contributed by atoms with E-state index in [-0.39, 0.29) is 18.0 Å². The van der Waals surface area contributed by atoms with Gasteiger partial charge in [0.25, 0.3) is 5.91 Å². The van der Waals surface area contributed by atoms with E-state index >= 15 is 0 Å². The fourth-order valence-electron chi connectivity index (χ4n) is 4.65. The van der Waals surface area contributed by atoms with E-state index in [9.17, 15) is 9.59 Å². The fourth-order valence-corrected chi connectivity index (χ4v) is 4.83. The van der Waals surface area contributed by atoms with Crippen LogP contribution in [0, 0.1) is 0 Å². The van der Waals surface area contributed by atoms with Crippen LogP contribution in [-0.4, -0.2) is 24.8 Å². The number of para-hydroxylation sites is 1. The zero-order chi connectivity index (χ0) is 23.9. The number of amides is 3. The van der Waals surface area contributed by atoms with Crippen molar-refractivity contribution >= 4 is 29.2 Å². The number of ether oxygens (including phenoxy) is 2. The lowest BCUT2D eigenvalue weighted by atomic mass is 9.90. The average Bonchev–Trinajstić information content (AvgIpc) is 2.83. The van der Waals surface area contributed by atoms with Gasteiger partial charge in [-0.1, -0.05) is 35.9 Å². The lowest BCUT2D eigenvalue weighted by Gasteiger charge is -2.50. The SMILES string of the molecule is COc1ccccc1CNC(=O)c1cccc(N2C(=O)NC3CC2(C)Oc2ccc(Cl)cc23)c1. The van der Waals surface area contributed by atoms with Crippen LogP contribution >= 0.6 is 11.6 Å². The highest BCUT2D eigenvalue weighted by atomic mass is 35.5. The number of rotatable bonds is 5. The predicted octanol–water partition coefficient (Wildman–Crippen LogP) is 5.05. The molecule has 7 nitrogen and oxygen atoms in total. The molecule has 1 saturated heterocycles. The molecule has 2 aliphatic heterocycles. The summed E-state index contributed by atoms with van der Waals surface area (Å²) in [5.74, 6) is 1.14. The summed E-state index contributed by atoms with van der Waals surface area (Å²) in [6.45, 7) is 2.20. The van der Waals surface area contributed by atoms with E-state index in [0.717, 1.165) is 11.1 Å². The largest absolute Gasteiger partial charge is 0.496 e. The molecule has 3 aromatic carbocycles. The topological polar surface area (TPSA) is 79.9 Å². The number of fused-ring (bicyclic) bond motifs is 4. The van der Waals surface area contributed by atoms with Gasteiger partial charge in [0, 0.05) is 34.7 Å². The normalized spacial score (nSPS) is 20.6. The van der Waals surface area contributed by atoms with Gasteiger partial charge in [-0.25, -0.2) is 4.79 Å². The molecule has 3 amide bonds. The van der Waals surface area contributed by atoms with E-state index in [1.807, 2.05) is 43.3 Å². The second-order valence-electron chi connectivity index (χ2n) is 8.55. The van der Waals surface area contributed by atoms with Crippen molar-refractivity contribution in [3.63, 3.8) is 0 Å². The molecule has 8 heteroatoms. The van der Waals surface area contributed by atoms with Crippen LogP contribution in [0.3, 0.4) is 0 Å². The molecule has 0 aliphatic carbocycles. The van der Waals surface area contributed by atoms with E-state index in [1.165, 1.54) is 0 Å². The molecule has 2 N–H and O–H groups in total. The Morgan fingerprint density at radius 1 is 1.21 bits per heavy atom. The molecule has 0 saturated carbocycles. The van der Waals surface area contributed by atoms with Crippen LogP contribution in [0.25, 0.3) is 0 Å². The van der Waals surface area contributed by atoms with Crippen molar-refractivity contribution in [3.8, 4) is 11.5 Å². The first kappa shape index (κ1) is 22.1. The molecule has 0 aromatic heterocycles. The monoisotopic (exact) mass is 477 g/mol. The second kappa shape index (κ2) is 8.57. The number of benzene rings is 3. The van der Waals surface area contributed by atoms with Gasteiger partial charge in [0.2, 0.25) is 0 Å². The molecule has 1 fully saturated rings. The van der Waals surface area contributed by atoms with Gasteiger partial charge in [0.1, 0.15) is 11.5 Å². The Kier molecular flexibility index (Phi) is 5.57. The van der Waals surface area contributed by atoms with Gasteiger partial charge in [0.15, 0.2) is 5.72 Å². The number of urea groups is 1. The number of hydrogen-bond acceptors (Lipinski definition) is 4. The molecule has 2 atom stereocenters. The number of methoxy groups -OCH3 is 1. The smallest absolute Gasteiger partial charge is 0.325 e. The highest BCUT2D eigenvalue weighted by molar-refractivity contribution is 6.30. The Labute approximate surface area is 202 Å². The molecule has 2 aliphatic rings. The van der Waals surface area contributed by atoms with E-state index in [2.05, 4.69) is 10.6 Å². The van der Waals surface area contributed by atoms with Crippen molar-refractivity contribution in [2.75, 3.05) is 12.0 Å². The molecule has 0 radical (unpaired) electrons. The summed E-state index contributed by atoms with van der Waals surface area (Å²) in [5.41, 5.74) is 1.83. The third-order valence-corrected chi connectivity index (χ3v) is 6.47. The molecule has 2 unspecified atom stereocenters. The summed E-state index contributed by atoms with van der Waals surface area (Å²) < 4.78 is 11.7. The van der Waals surface area contributed by atoms with Gasteiger partial charge in [-0.05, 0) is 49.4 Å². The maximum Gasteiger partial charge on any atom is 0.325 e. The maximum atomic E-state index is 13.2. The highest BCUT2D eigenvalue weighted by Crippen LogP contribution is 2.46. The third kappa shape index (κ3) is 3.92. The van der Waals surface area contributed by atoms with Gasteiger partial charge in [-0.3, -0.25) is 9.69 Å². The molecule has 2 bridgehead atoms. The number of carbonyl (C=O) groups is 2. The Morgan fingerprint density at radius 2 is 2.03 bits per heavy atom. The quantitative estimate of drug-likeness (QED) is 0.539. The van der Waals surface area contributed by atoms with Gasteiger partial charge in [0.05, 0.1) is 18.8 Å². The van der Waals surface area contributed by atoms with Gasteiger partial charge in [-0.15, -0.1) is 0 Å². The van der Waals surface area contributed by atoms with Gasteiger partial charge >= 0.3 is 6.03 Å². The number of carbonyl (C=O) groups excluding carboxylic acids is 2. The maximum absolute atomic E-state index is 13.2. The van der Waals surface area contributed by atoms with E-state index in [1.54, 1.807) is 42.3 Å². The number of anilines is 1. The van der Waals surface area contributed by atoms with Crippen LogP contribution in [0.15, 0.2) is 66.7 Å². The Hall–Kier alpha value is -3.71. The average molecular weight is 478 g/mol. The van der Waals surface area contributed by atoms with E-state index in [0.29, 0.717) is 40.7 Å². The molecule has 174 valence electrons. The molecule has 0 spiro atoms. The Morgan fingerprint density at radius 3 is 2.85 bits per heavy atom. The molecular weight excluding hydrogens is 454 g/mol. The summed E-state index contributed by atoms with van der Waals surface area (Å²) in [6, 6.07) is 19.4. The van der Waals surface area contributed by atoms with E-state index < -0.39 is 5.72 Å². The van der Waals surface area contributed by atoms with Crippen molar-refractivity contribution in [2.24, 2.45) is 0 Å². The minimum Gasteiger partial charge on any atom is -0.496 e. The van der Waals surface area contributed by atoms with Crippen LogP contribution in [0.4, 0.5) is 10.5 Å². The zero-order valence-electron chi connectivity index (χ0n) is 18.8. The molecule has 2 heterocycles. The van der Waals surface area contributed by atoms with Gasteiger partial charge in [-0.2, -0.15) is 0 Å². The Balaban J connectivity index is 1.39. The third-order valence-electron chi connectivity index (χ3n) is 6.23. The number of nitrogens with zero attached hydrogens (tertiary/aromatic N) is 1. The summed E-state index contributed by atoms with van der Waals surface area (Å²) in [5, 5.41) is 6.56.